The minimum Gasteiger partial charge on any atom is -0.383 e. The lowest BCUT2D eigenvalue weighted by Gasteiger charge is -2.07. The number of methoxy groups -OCH3 is 1. The molecule has 0 bridgehead atoms. The van der Waals surface area contributed by atoms with Gasteiger partial charge in [0.2, 0.25) is 5.91 Å². The number of nitrogens with zero attached hydrogens (tertiary/aromatic N) is 2. The number of anilines is 1. The van der Waals surface area contributed by atoms with E-state index in [2.05, 4.69) is 20.2 Å². The molecule has 4 aromatic rings. The van der Waals surface area contributed by atoms with Crippen LogP contribution < -0.4 is 5.32 Å². The number of hydrogen-bond donors (Lipinski definition) is 1. The summed E-state index contributed by atoms with van der Waals surface area (Å²) < 4.78 is 7.28. The van der Waals surface area contributed by atoms with E-state index in [1.165, 1.54) is 0 Å². The van der Waals surface area contributed by atoms with Crippen molar-refractivity contribution in [1.82, 2.24) is 9.55 Å². The van der Waals surface area contributed by atoms with Crippen LogP contribution in [-0.4, -0.2) is 29.2 Å². The van der Waals surface area contributed by atoms with E-state index in [9.17, 15) is 4.79 Å². The topological polar surface area (TPSA) is 56.1 Å². The average Bonchev–Trinajstić information content (AvgIpc) is 3.40. The first kappa shape index (κ1) is 17.9. The highest BCUT2D eigenvalue weighted by atomic mass is 32.1. The Balaban J connectivity index is 1.42. The third-order valence-corrected chi connectivity index (χ3v) is 5.88. The van der Waals surface area contributed by atoms with E-state index in [1.807, 2.05) is 47.3 Å². The molecule has 0 spiro atoms. The highest BCUT2D eigenvalue weighted by molar-refractivity contribution is 7.14. The molecule has 1 amide bonds. The lowest BCUT2D eigenvalue weighted by atomic mass is 10.2. The fraction of sp³-hybridized carbons (Fsp3) is 0.200. The summed E-state index contributed by atoms with van der Waals surface area (Å²) in [6.07, 6.45) is 2.31. The molecule has 4 rings (SSSR count). The second-order valence-electron chi connectivity index (χ2n) is 6.16. The number of benzene rings is 1. The summed E-state index contributed by atoms with van der Waals surface area (Å²) in [5.74, 6) is -0.0599. The number of amides is 1. The van der Waals surface area contributed by atoms with Gasteiger partial charge in [0.15, 0.2) is 0 Å². The fourth-order valence-electron chi connectivity index (χ4n) is 2.94. The SMILES string of the molecule is COCCn1ccc2cc(NC(=O)Cc3csc(-c4ccsc4)n3)ccc21. The van der Waals surface area contributed by atoms with Crippen molar-refractivity contribution < 1.29 is 9.53 Å². The maximum atomic E-state index is 12.4. The van der Waals surface area contributed by atoms with E-state index in [0.29, 0.717) is 6.61 Å². The highest BCUT2D eigenvalue weighted by Crippen LogP contribution is 2.26. The van der Waals surface area contributed by atoms with Gasteiger partial charge in [0.05, 0.1) is 18.7 Å². The molecule has 0 saturated carbocycles. The van der Waals surface area contributed by atoms with Crippen LogP contribution in [0.2, 0.25) is 0 Å². The van der Waals surface area contributed by atoms with Crippen LogP contribution in [0.5, 0.6) is 0 Å². The summed E-state index contributed by atoms with van der Waals surface area (Å²) >= 11 is 3.21. The van der Waals surface area contributed by atoms with Crippen molar-refractivity contribution in [2.75, 3.05) is 19.0 Å². The maximum Gasteiger partial charge on any atom is 0.230 e. The number of fused-ring (bicyclic) bond motifs is 1. The zero-order chi connectivity index (χ0) is 18.6. The molecule has 3 heterocycles. The highest BCUT2D eigenvalue weighted by Gasteiger charge is 2.10. The Morgan fingerprint density at radius 1 is 1.26 bits per heavy atom. The third-order valence-electron chi connectivity index (χ3n) is 4.25. The molecule has 0 unspecified atom stereocenters. The number of carbonyl (C=O) groups is 1. The molecule has 7 heteroatoms. The number of hydrogen-bond acceptors (Lipinski definition) is 5. The molecule has 0 aliphatic rings. The monoisotopic (exact) mass is 397 g/mol. The summed E-state index contributed by atoms with van der Waals surface area (Å²) in [5.41, 5.74) is 3.83. The first-order chi connectivity index (χ1) is 13.2. The van der Waals surface area contributed by atoms with Gasteiger partial charge in [-0.25, -0.2) is 4.98 Å². The summed E-state index contributed by atoms with van der Waals surface area (Å²) in [6, 6.07) is 10.0. The number of thiophene rings is 1. The quantitative estimate of drug-likeness (QED) is 0.494. The summed E-state index contributed by atoms with van der Waals surface area (Å²) in [6.45, 7) is 1.48. The second kappa shape index (κ2) is 8.04. The van der Waals surface area contributed by atoms with Gasteiger partial charge in [-0.05, 0) is 35.7 Å². The van der Waals surface area contributed by atoms with Gasteiger partial charge in [0, 0.05) is 52.8 Å². The van der Waals surface area contributed by atoms with Crippen LogP contribution >= 0.6 is 22.7 Å². The smallest absolute Gasteiger partial charge is 0.230 e. The molecule has 138 valence electrons. The number of rotatable bonds is 7. The minimum atomic E-state index is -0.0599. The van der Waals surface area contributed by atoms with Crippen LogP contribution in [0, 0.1) is 0 Å². The number of aromatic nitrogens is 2. The molecule has 27 heavy (non-hydrogen) atoms. The Labute approximate surface area is 165 Å². The van der Waals surface area contributed by atoms with Crippen LogP contribution in [0.25, 0.3) is 21.5 Å². The van der Waals surface area contributed by atoms with E-state index in [-0.39, 0.29) is 12.3 Å². The standard InChI is InChI=1S/C20H19N3O2S2/c1-25-8-7-23-6-4-14-10-16(2-3-18(14)23)21-19(24)11-17-13-27-20(22-17)15-5-9-26-12-15/h2-6,9-10,12-13H,7-8,11H2,1H3,(H,21,24). The Morgan fingerprint density at radius 3 is 3.00 bits per heavy atom. The Bertz CT molecular complexity index is 1050. The predicted molar refractivity (Wildman–Crippen MR) is 112 cm³/mol. The van der Waals surface area contributed by atoms with Crippen molar-refractivity contribution in [3.8, 4) is 10.6 Å². The lowest BCUT2D eigenvalue weighted by molar-refractivity contribution is -0.115. The van der Waals surface area contributed by atoms with Crippen molar-refractivity contribution in [2.24, 2.45) is 0 Å². The molecule has 1 aromatic carbocycles. The third kappa shape index (κ3) is 4.10. The van der Waals surface area contributed by atoms with E-state index in [4.69, 9.17) is 4.74 Å². The molecular weight excluding hydrogens is 378 g/mol. The van der Waals surface area contributed by atoms with Crippen molar-refractivity contribution >= 4 is 45.2 Å². The minimum absolute atomic E-state index is 0.0599. The Hall–Kier alpha value is -2.48. The maximum absolute atomic E-state index is 12.4. The van der Waals surface area contributed by atoms with Gasteiger partial charge >= 0.3 is 0 Å². The summed E-state index contributed by atoms with van der Waals surface area (Å²) in [5, 5.41) is 11.1. The molecule has 5 nitrogen and oxygen atoms in total. The molecule has 0 aliphatic heterocycles. The van der Waals surface area contributed by atoms with Crippen molar-refractivity contribution in [3.05, 3.63) is 58.4 Å². The first-order valence-corrected chi connectivity index (χ1v) is 10.4. The largest absolute Gasteiger partial charge is 0.383 e. The molecule has 3 aromatic heterocycles. The van der Waals surface area contributed by atoms with Gasteiger partial charge in [-0.3, -0.25) is 4.79 Å². The molecule has 0 fully saturated rings. The van der Waals surface area contributed by atoms with Gasteiger partial charge in [-0.2, -0.15) is 11.3 Å². The van der Waals surface area contributed by atoms with Crippen LogP contribution in [0.1, 0.15) is 5.69 Å². The molecule has 0 radical (unpaired) electrons. The van der Waals surface area contributed by atoms with E-state index in [1.54, 1.807) is 29.8 Å². The van der Waals surface area contributed by atoms with Gasteiger partial charge in [0.1, 0.15) is 5.01 Å². The van der Waals surface area contributed by atoms with Crippen LogP contribution in [0.4, 0.5) is 5.69 Å². The molecular formula is C20H19N3O2S2. The van der Waals surface area contributed by atoms with Crippen LogP contribution in [0.3, 0.4) is 0 Å². The van der Waals surface area contributed by atoms with Crippen LogP contribution in [0.15, 0.2) is 52.7 Å². The normalized spacial score (nSPS) is 11.1. The number of carbonyl (C=O) groups excluding carboxylic acids is 1. The molecule has 0 saturated heterocycles. The van der Waals surface area contributed by atoms with E-state index in [0.717, 1.165) is 39.4 Å². The number of ether oxygens (including phenoxy) is 1. The zero-order valence-corrected chi connectivity index (χ0v) is 16.5. The van der Waals surface area contributed by atoms with E-state index >= 15 is 0 Å². The summed E-state index contributed by atoms with van der Waals surface area (Å²) in [4.78, 5) is 17.0. The lowest BCUT2D eigenvalue weighted by Crippen LogP contribution is -2.14. The van der Waals surface area contributed by atoms with E-state index < -0.39 is 0 Å². The molecule has 0 aliphatic carbocycles. The van der Waals surface area contributed by atoms with Gasteiger partial charge in [0.25, 0.3) is 0 Å². The van der Waals surface area contributed by atoms with Gasteiger partial charge in [-0.15, -0.1) is 11.3 Å². The van der Waals surface area contributed by atoms with Crippen molar-refractivity contribution in [2.45, 2.75) is 13.0 Å². The molecule has 0 atom stereocenters. The Morgan fingerprint density at radius 2 is 2.19 bits per heavy atom. The Kier molecular flexibility index (Phi) is 5.33. The van der Waals surface area contributed by atoms with Gasteiger partial charge < -0.3 is 14.6 Å². The first-order valence-electron chi connectivity index (χ1n) is 8.57. The van der Waals surface area contributed by atoms with Crippen molar-refractivity contribution in [3.63, 3.8) is 0 Å². The number of nitrogens with one attached hydrogen (secondary N) is 1. The second-order valence-corrected chi connectivity index (χ2v) is 7.79. The fourth-order valence-corrected chi connectivity index (χ4v) is 4.47. The van der Waals surface area contributed by atoms with Crippen molar-refractivity contribution in [1.29, 1.82) is 0 Å². The number of thiazole rings is 1. The van der Waals surface area contributed by atoms with Gasteiger partial charge in [-0.1, -0.05) is 0 Å². The summed E-state index contributed by atoms with van der Waals surface area (Å²) in [7, 11) is 1.70. The van der Waals surface area contributed by atoms with Crippen LogP contribution in [-0.2, 0) is 22.5 Å². The molecule has 1 N–H and O–H groups in total. The average molecular weight is 398 g/mol. The zero-order valence-electron chi connectivity index (χ0n) is 14.8. The predicted octanol–water partition coefficient (Wildman–Crippen LogP) is 4.65.